The van der Waals surface area contributed by atoms with E-state index in [-0.39, 0.29) is 29.9 Å². The molecule has 4 heteroatoms. The van der Waals surface area contributed by atoms with Crippen molar-refractivity contribution in [1.29, 1.82) is 0 Å². The van der Waals surface area contributed by atoms with E-state index in [4.69, 9.17) is 0 Å². The van der Waals surface area contributed by atoms with Crippen LogP contribution in [-0.2, 0) is 6.42 Å². The van der Waals surface area contributed by atoms with Gasteiger partial charge in [0.05, 0.1) is 0 Å². The van der Waals surface area contributed by atoms with Crippen molar-refractivity contribution in [3.63, 3.8) is 0 Å². The number of benzene rings is 2. The fourth-order valence-corrected chi connectivity index (χ4v) is 2.39. The molecule has 0 spiro atoms. The van der Waals surface area contributed by atoms with Crippen molar-refractivity contribution >= 4 is 0 Å². The maximum absolute atomic E-state index is 13.6. The topological polar surface area (TPSA) is 12.0 Å². The van der Waals surface area contributed by atoms with Gasteiger partial charge in [-0.3, -0.25) is 0 Å². The molecule has 0 aliphatic heterocycles. The molecule has 0 aliphatic carbocycles. The van der Waals surface area contributed by atoms with Crippen molar-refractivity contribution < 1.29 is 13.2 Å². The largest absolute Gasteiger partial charge is 0.307 e. The summed E-state index contributed by atoms with van der Waals surface area (Å²) >= 11 is 0. The van der Waals surface area contributed by atoms with Crippen molar-refractivity contribution in [2.24, 2.45) is 0 Å². The predicted molar refractivity (Wildman–Crippen MR) is 77.5 cm³/mol. The van der Waals surface area contributed by atoms with Gasteiger partial charge in [0.2, 0.25) is 0 Å². The van der Waals surface area contributed by atoms with Gasteiger partial charge in [-0.15, -0.1) is 0 Å². The van der Waals surface area contributed by atoms with Crippen LogP contribution in [0, 0.1) is 17.5 Å². The summed E-state index contributed by atoms with van der Waals surface area (Å²) in [6, 6.07) is 9.90. The molecule has 2 aromatic carbocycles. The molecule has 0 saturated carbocycles. The lowest BCUT2D eigenvalue weighted by atomic mass is 10.0. The fraction of sp³-hybridized carbons (Fsp3) is 0.294. The van der Waals surface area contributed by atoms with Crippen molar-refractivity contribution in [3.05, 3.63) is 71.0 Å². The second-order valence-corrected chi connectivity index (χ2v) is 5.25. The lowest BCUT2D eigenvalue weighted by molar-refractivity contribution is 0.456. The van der Waals surface area contributed by atoms with Crippen LogP contribution in [0.25, 0.3) is 0 Å². The Morgan fingerprint density at radius 3 is 2.19 bits per heavy atom. The highest BCUT2D eigenvalue weighted by Crippen LogP contribution is 2.17. The summed E-state index contributed by atoms with van der Waals surface area (Å²) in [6.45, 7) is 3.74. The van der Waals surface area contributed by atoms with Crippen LogP contribution in [-0.4, -0.2) is 6.04 Å². The Hall–Kier alpha value is -1.81. The minimum absolute atomic E-state index is 0.0731. The zero-order chi connectivity index (χ0) is 15.4. The molecule has 112 valence electrons. The molecule has 1 N–H and O–H groups in total. The predicted octanol–water partition coefficient (Wildman–Crippen LogP) is 4.39. The highest BCUT2D eigenvalue weighted by atomic mass is 19.1. The lowest BCUT2D eigenvalue weighted by Crippen LogP contribution is -2.31. The average Bonchev–Trinajstić information content (AvgIpc) is 2.43. The van der Waals surface area contributed by atoms with Gasteiger partial charge >= 0.3 is 0 Å². The quantitative estimate of drug-likeness (QED) is 0.862. The Kier molecular flexibility index (Phi) is 5.02. The standard InChI is InChI=1S/C17H18F3N/c1-11(9-15-16(19)7-4-8-17(15)20)21-12(2)13-5-3-6-14(18)10-13/h3-8,10-12,21H,9H2,1-2H3. The minimum Gasteiger partial charge on any atom is -0.307 e. The van der Waals surface area contributed by atoms with Crippen molar-refractivity contribution in [2.75, 3.05) is 0 Å². The van der Waals surface area contributed by atoms with E-state index in [1.165, 1.54) is 30.3 Å². The summed E-state index contributed by atoms with van der Waals surface area (Å²) in [6.07, 6.45) is 0.234. The second-order valence-electron chi connectivity index (χ2n) is 5.25. The van der Waals surface area contributed by atoms with Crippen LogP contribution in [0.15, 0.2) is 42.5 Å². The summed E-state index contributed by atoms with van der Waals surface area (Å²) in [4.78, 5) is 0. The van der Waals surface area contributed by atoms with Crippen LogP contribution in [0.5, 0.6) is 0 Å². The maximum atomic E-state index is 13.6. The molecule has 0 aromatic heterocycles. The molecule has 2 unspecified atom stereocenters. The van der Waals surface area contributed by atoms with E-state index < -0.39 is 11.6 Å². The van der Waals surface area contributed by atoms with Gasteiger partial charge in [-0.05, 0) is 50.1 Å². The van der Waals surface area contributed by atoms with Crippen molar-refractivity contribution in [3.8, 4) is 0 Å². The first-order chi connectivity index (χ1) is 9.97. The van der Waals surface area contributed by atoms with Crippen molar-refractivity contribution in [2.45, 2.75) is 32.4 Å². The number of hydrogen-bond donors (Lipinski definition) is 1. The molecule has 21 heavy (non-hydrogen) atoms. The molecule has 0 bridgehead atoms. The van der Waals surface area contributed by atoms with Crippen LogP contribution in [0.2, 0.25) is 0 Å². The number of rotatable bonds is 5. The first-order valence-electron chi connectivity index (χ1n) is 6.91. The van der Waals surface area contributed by atoms with Gasteiger partial charge in [0.25, 0.3) is 0 Å². The van der Waals surface area contributed by atoms with Gasteiger partial charge in [-0.1, -0.05) is 18.2 Å². The minimum atomic E-state index is -0.540. The summed E-state index contributed by atoms with van der Waals surface area (Å²) < 4.78 is 40.4. The third-order valence-corrected chi connectivity index (χ3v) is 3.46. The molecule has 0 aliphatic rings. The summed E-state index contributed by atoms with van der Waals surface area (Å²) in [5.41, 5.74) is 0.875. The highest BCUT2D eigenvalue weighted by Gasteiger charge is 2.15. The van der Waals surface area contributed by atoms with E-state index in [2.05, 4.69) is 5.32 Å². The third kappa shape index (κ3) is 4.08. The SMILES string of the molecule is CC(Cc1c(F)cccc1F)NC(C)c1cccc(F)c1. The van der Waals surface area contributed by atoms with E-state index in [1.54, 1.807) is 6.07 Å². The first kappa shape index (κ1) is 15.6. The van der Waals surface area contributed by atoms with E-state index in [0.717, 1.165) is 5.56 Å². The van der Waals surface area contributed by atoms with Crippen LogP contribution < -0.4 is 5.32 Å². The van der Waals surface area contributed by atoms with E-state index in [0.29, 0.717) is 0 Å². The Labute approximate surface area is 122 Å². The molecule has 2 aromatic rings. The van der Waals surface area contributed by atoms with Crippen LogP contribution in [0.3, 0.4) is 0 Å². The van der Waals surface area contributed by atoms with Crippen molar-refractivity contribution in [1.82, 2.24) is 5.32 Å². The average molecular weight is 293 g/mol. The zero-order valence-electron chi connectivity index (χ0n) is 12.0. The molecule has 1 nitrogen and oxygen atoms in total. The summed E-state index contributed by atoms with van der Waals surface area (Å²) in [5.74, 6) is -1.38. The molecule has 0 amide bonds. The number of nitrogens with one attached hydrogen (secondary N) is 1. The van der Waals surface area contributed by atoms with Gasteiger partial charge < -0.3 is 5.32 Å². The Bertz CT molecular complexity index is 592. The van der Waals surface area contributed by atoms with Crippen LogP contribution in [0.4, 0.5) is 13.2 Å². The van der Waals surface area contributed by atoms with Crippen LogP contribution >= 0.6 is 0 Å². The fourth-order valence-electron chi connectivity index (χ4n) is 2.39. The Balaban J connectivity index is 2.03. The van der Waals surface area contributed by atoms with E-state index in [9.17, 15) is 13.2 Å². The van der Waals surface area contributed by atoms with Gasteiger partial charge in [-0.25, -0.2) is 13.2 Å². The maximum Gasteiger partial charge on any atom is 0.129 e. The molecule has 2 rings (SSSR count). The molecule has 0 saturated heterocycles. The van der Waals surface area contributed by atoms with Gasteiger partial charge in [-0.2, -0.15) is 0 Å². The molecular formula is C17H18F3N. The number of hydrogen-bond acceptors (Lipinski definition) is 1. The molecule has 0 radical (unpaired) electrons. The zero-order valence-corrected chi connectivity index (χ0v) is 12.0. The van der Waals surface area contributed by atoms with Gasteiger partial charge in [0.1, 0.15) is 17.5 Å². The van der Waals surface area contributed by atoms with Gasteiger partial charge in [0.15, 0.2) is 0 Å². The smallest absolute Gasteiger partial charge is 0.129 e. The molecule has 2 atom stereocenters. The molecule has 0 heterocycles. The highest BCUT2D eigenvalue weighted by molar-refractivity contribution is 5.22. The monoisotopic (exact) mass is 293 g/mol. The Morgan fingerprint density at radius 2 is 1.57 bits per heavy atom. The van der Waals surface area contributed by atoms with E-state index in [1.807, 2.05) is 19.9 Å². The van der Waals surface area contributed by atoms with Crippen LogP contribution in [0.1, 0.15) is 31.0 Å². The lowest BCUT2D eigenvalue weighted by Gasteiger charge is -2.21. The first-order valence-corrected chi connectivity index (χ1v) is 6.91. The third-order valence-electron chi connectivity index (χ3n) is 3.46. The normalized spacial score (nSPS) is 14.0. The van der Waals surface area contributed by atoms with Gasteiger partial charge in [0, 0.05) is 17.6 Å². The molecule has 0 fully saturated rings. The molecular weight excluding hydrogens is 275 g/mol. The Morgan fingerprint density at radius 1 is 0.952 bits per heavy atom. The summed E-state index contributed by atoms with van der Waals surface area (Å²) in [5, 5.41) is 3.23. The number of halogens is 3. The summed E-state index contributed by atoms with van der Waals surface area (Å²) in [7, 11) is 0. The second kappa shape index (κ2) is 6.76. The van der Waals surface area contributed by atoms with E-state index >= 15 is 0 Å².